The van der Waals surface area contributed by atoms with Gasteiger partial charge in [0.05, 0.1) is 19.3 Å². The first-order valence-corrected chi connectivity index (χ1v) is 7.25. The molecule has 0 radical (unpaired) electrons. The molecule has 0 heterocycles. The molecular weight excluding hydrogens is 273 g/mol. The zero-order chi connectivity index (χ0) is 15.7. The van der Waals surface area contributed by atoms with Crippen LogP contribution in [0.15, 0.2) is 24.3 Å². The molecule has 0 saturated heterocycles. The first-order valence-electron chi connectivity index (χ1n) is 7.25. The van der Waals surface area contributed by atoms with E-state index in [9.17, 15) is 9.50 Å². The van der Waals surface area contributed by atoms with Crippen molar-refractivity contribution in [1.82, 2.24) is 5.32 Å². The van der Waals surface area contributed by atoms with E-state index in [1.165, 1.54) is 6.07 Å². The SMILES string of the molecule is CC(C)(CCO)CNCC(O)COCc1ccccc1F. The van der Waals surface area contributed by atoms with E-state index in [0.717, 1.165) is 0 Å². The maximum atomic E-state index is 13.3. The van der Waals surface area contributed by atoms with E-state index in [1.54, 1.807) is 18.2 Å². The summed E-state index contributed by atoms with van der Waals surface area (Å²) < 4.78 is 18.7. The van der Waals surface area contributed by atoms with Gasteiger partial charge in [0.15, 0.2) is 0 Å². The van der Waals surface area contributed by atoms with Gasteiger partial charge in [0, 0.05) is 25.3 Å². The fourth-order valence-corrected chi connectivity index (χ4v) is 1.95. The largest absolute Gasteiger partial charge is 0.396 e. The maximum Gasteiger partial charge on any atom is 0.128 e. The van der Waals surface area contributed by atoms with Crippen LogP contribution in [0.5, 0.6) is 0 Å². The van der Waals surface area contributed by atoms with E-state index in [0.29, 0.717) is 25.1 Å². The number of benzene rings is 1. The lowest BCUT2D eigenvalue weighted by Gasteiger charge is -2.24. The predicted octanol–water partition coefficient (Wildman–Crippen LogP) is 1.70. The summed E-state index contributed by atoms with van der Waals surface area (Å²) in [7, 11) is 0. The lowest BCUT2D eigenvalue weighted by atomic mass is 9.90. The van der Waals surface area contributed by atoms with Crippen molar-refractivity contribution in [3.63, 3.8) is 0 Å². The second-order valence-corrected chi connectivity index (χ2v) is 6.03. The van der Waals surface area contributed by atoms with Crippen LogP contribution in [0, 0.1) is 11.2 Å². The Labute approximate surface area is 125 Å². The highest BCUT2D eigenvalue weighted by Crippen LogP contribution is 2.17. The van der Waals surface area contributed by atoms with Crippen molar-refractivity contribution in [3.8, 4) is 0 Å². The van der Waals surface area contributed by atoms with Crippen LogP contribution in [-0.2, 0) is 11.3 Å². The van der Waals surface area contributed by atoms with Gasteiger partial charge in [-0.25, -0.2) is 4.39 Å². The highest BCUT2D eigenvalue weighted by Gasteiger charge is 2.17. The van der Waals surface area contributed by atoms with Crippen molar-refractivity contribution in [1.29, 1.82) is 0 Å². The van der Waals surface area contributed by atoms with E-state index in [2.05, 4.69) is 19.2 Å². The average molecular weight is 299 g/mol. The molecule has 1 rings (SSSR count). The normalized spacial score (nSPS) is 13.4. The predicted molar refractivity (Wildman–Crippen MR) is 80.4 cm³/mol. The molecule has 1 aromatic rings. The molecule has 0 aliphatic heterocycles. The van der Waals surface area contributed by atoms with E-state index in [4.69, 9.17) is 9.84 Å². The lowest BCUT2D eigenvalue weighted by Crippen LogP contribution is -2.36. The first-order chi connectivity index (χ1) is 9.94. The molecule has 0 bridgehead atoms. The number of rotatable bonds is 10. The van der Waals surface area contributed by atoms with Gasteiger partial charge in [-0.2, -0.15) is 0 Å². The highest BCUT2D eigenvalue weighted by atomic mass is 19.1. The van der Waals surface area contributed by atoms with Gasteiger partial charge in [-0.05, 0) is 17.9 Å². The summed E-state index contributed by atoms with van der Waals surface area (Å²) in [6, 6.07) is 6.44. The molecule has 3 N–H and O–H groups in total. The topological polar surface area (TPSA) is 61.7 Å². The Morgan fingerprint density at radius 2 is 2.05 bits per heavy atom. The molecular formula is C16H26FNO3. The Morgan fingerprint density at radius 3 is 2.71 bits per heavy atom. The summed E-state index contributed by atoms with van der Waals surface area (Å²) in [5, 5.41) is 21.9. The van der Waals surface area contributed by atoms with Gasteiger partial charge < -0.3 is 20.3 Å². The monoisotopic (exact) mass is 299 g/mol. The number of aliphatic hydroxyl groups excluding tert-OH is 2. The molecule has 1 aromatic carbocycles. The molecule has 5 heteroatoms. The zero-order valence-electron chi connectivity index (χ0n) is 12.8. The molecule has 0 aliphatic carbocycles. The minimum absolute atomic E-state index is 0.0114. The smallest absolute Gasteiger partial charge is 0.128 e. The zero-order valence-corrected chi connectivity index (χ0v) is 12.8. The standard InChI is InChI=1S/C16H26FNO3/c1-16(2,7-8-19)12-18-9-14(20)11-21-10-13-5-3-4-6-15(13)17/h3-6,14,18-20H,7-12H2,1-2H3. The van der Waals surface area contributed by atoms with Crippen molar-refractivity contribution in [2.75, 3.05) is 26.3 Å². The van der Waals surface area contributed by atoms with E-state index in [1.807, 2.05) is 0 Å². The van der Waals surface area contributed by atoms with Crippen molar-refractivity contribution in [2.24, 2.45) is 5.41 Å². The van der Waals surface area contributed by atoms with Crippen LogP contribution >= 0.6 is 0 Å². The molecule has 0 fully saturated rings. The molecule has 0 aromatic heterocycles. The number of nitrogens with one attached hydrogen (secondary N) is 1. The third-order valence-electron chi connectivity index (χ3n) is 3.30. The van der Waals surface area contributed by atoms with Crippen molar-refractivity contribution < 1.29 is 19.3 Å². The van der Waals surface area contributed by atoms with Gasteiger partial charge in [-0.1, -0.05) is 32.0 Å². The fraction of sp³-hybridized carbons (Fsp3) is 0.625. The van der Waals surface area contributed by atoms with Gasteiger partial charge in [0.25, 0.3) is 0 Å². The van der Waals surface area contributed by atoms with Crippen LogP contribution in [0.25, 0.3) is 0 Å². The molecule has 0 spiro atoms. The highest BCUT2D eigenvalue weighted by molar-refractivity contribution is 5.16. The minimum atomic E-state index is -0.637. The van der Waals surface area contributed by atoms with Crippen LogP contribution < -0.4 is 5.32 Å². The van der Waals surface area contributed by atoms with Gasteiger partial charge in [0.2, 0.25) is 0 Å². The first kappa shape index (κ1) is 18.0. The van der Waals surface area contributed by atoms with Gasteiger partial charge in [-0.3, -0.25) is 0 Å². The van der Waals surface area contributed by atoms with Crippen molar-refractivity contribution in [2.45, 2.75) is 33.0 Å². The van der Waals surface area contributed by atoms with Crippen LogP contribution in [0.3, 0.4) is 0 Å². The van der Waals surface area contributed by atoms with E-state index < -0.39 is 6.10 Å². The molecule has 4 nitrogen and oxygen atoms in total. The van der Waals surface area contributed by atoms with Gasteiger partial charge >= 0.3 is 0 Å². The van der Waals surface area contributed by atoms with Gasteiger partial charge in [0.1, 0.15) is 5.82 Å². The Bertz CT molecular complexity index is 412. The number of hydrogen-bond acceptors (Lipinski definition) is 4. The van der Waals surface area contributed by atoms with Crippen LogP contribution in [-0.4, -0.2) is 42.6 Å². The second kappa shape index (κ2) is 9.10. The second-order valence-electron chi connectivity index (χ2n) is 6.03. The van der Waals surface area contributed by atoms with Crippen molar-refractivity contribution >= 4 is 0 Å². The number of aliphatic hydroxyl groups is 2. The minimum Gasteiger partial charge on any atom is -0.396 e. The van der Waals surface area contributed by atoms with Crippen LogP contribution in [0.2, 0.25) is 0 Å². The van der Waals surface area contributed by atoms with Crippen LogP contribution in [0.1, 0.15) is 25.8 Å². The number of ether oxygens (including phenoxy) is 1. The Kier molecular flexibility index (Phi) is 7.82. The van der Waals surface area contributed by atoms with Crippen molar-refractivity contribution in [3.05, 3.63) is 35.6 Å². The summed E-state index contributed by atoms with van der Waals surface area (Å²) in [6.07, 6.45) is 0.0709. The fourth-order valence-electron chi connectivity index (χ4n) is 1.95. The van der Waals surface area contributed by atoms with E-state index in [-0.39, 0.29) is 31.1 Å². The molecule has 0 amide bonds. The van der Waals surface area contributed by atoms with E-state index >= 15 is 0 Å². The molecule has 1 atom stereocenters. The number of hydrogen-bond donors (Lipinski definition) is 3. The van der Waals surface area contributed by atoms with Gasteiger partial charge in [-0.15, -0.1) is 0 Å². The molecule has 1 unspecified atom stereocenters. The lowest BCUT2D eigenvalue weighted by molar-refractivity contribution is 0.0266. The molecule has 120 valence electrons. The molecule has 0 saturated carbocycles. The summed E-state index contributed by atoms with van der Waals surface area (Å²) >= 11 is 0. The third kappa shape index (κ3) is 7.52. The summed E-state index contributed by atoms with van der Waals surface area (Å²) in [5.41, 5.74) is 0.476. The molecule has 0 aliphatic rings. The number of halogens is 1. The maximum absolute atomic E-state index is 13.3. The average Bonchev–Trinajstić information content (AvgIpc) is 2.40. The third-order valence-corrected chi connectivity index (χ3v) is 3.30. The molecule has 21 heavy (non-hydrogen) atoms. The van der Waals surface area contributed by atoms with Crippen LogP contribution in [0.4, 0.5) is 4.39 Å². The summed E-state index contributed by atoms with van der Waals surface area (Å²) in [5.74, 6) is -0.295. The Balaban J connectivity index is 2.17. The Hall–Kier alpha value is -1.01. The Morgan fingerprint density at radius 1 is 1.33 bits per heavy atom. The summed E-state index contributed by atoms with van der Waals surface area (Å²) in [6.45, 7) is 5.68. The summed E-state index contributed by atoms with van der Waals surface area (Å²) in [4.78, 5) is 0. The quantitative estimate of drug-likeness (QED) is 0.615.